The number of benzene rings is 1. The lowest BCUT2D eigenvalue weighted by Gasteiger charge is -2.20. The first kappa shape index (κ1) is 22.0. The molecule has 1 aromatic carbocycles. The van der Waals surface area contributed by atoms with Gasteiger partial charge in [0, 0.05) is 18.2 Å². The third-order valence-corrected chi connectivity index (χ3v) is 5.78. The van der Waals surface area contributed by atoms with E-state index in [1.807, 2.05) is 29.8 Å². The Morgan fingerprint density at radius 2 is 1.88 bits per heavy atom. The van der Waals surface area contributed by atoms with Gasteiger partial charge in [-0.2, -0.15) is 5.10 Å². The van der Waals surface area contributed by atoms with E-state index in [0.29, 0.717) is 30.0 Å². The molecule has 1 saturated carbocycles. The Labute approximate surface area is 188 Å². The van der Waals surface area contributed by atoms with Crippen LogP contribution in [0.25, 0.3) is 11.0 Å². The summed E-state index contributed by atoms with van der Waals surface area (Å²) in [6.45, 7) is 8.70. The molecule has 0 unspecified atom stereocenters. The Bertz CT molecular complexity index is 1170. The summed E-state index contributed by atoms with van der Waals surface area (Å²) >= 11 is 0. The van der Waals surface area contributed by atoms with E-state index in [9.17, 15) is 9.59 Å². The summed E-state index contributed by atoms with van der Waals surface area (Å²) in [5, 5.41) is 8.60. The first-order valence-electron chi connectivity index (χ1n) is 11.0. The third kappa shape index (κ3) is 4.38. The number of esters is 1. The maximum Gasteiger partial charge on any atom is 0.337 e. The predicted octanol–water partition coefficient (Wildman–Crippen LogP) is 4.13. The average Bonchev–Trinajstić information content (AvgIpc) is 3.55. The van der Waals surface area contributed by atoms with E-state index in [4.69, 9.17) is 14.8 Å². The van der Waals surface area contributed by atoms with E-state index in [2.05, 4.69) is 26.1 Å². The van der Waals surface area contributed by atoms with E-state index in [1.54, 1.807) is 12.1 Å². The molecule has 0 atom stereocenters. The molecule has 1 N–H and O–H groups in total. The fourth-order valence-electron chi connectivity index (χ4n) is 3.88. The number of ether oxygens (including phenoxy) is 1. The molecule has 2 aromatic heterocycles. The molecule has 1 aliphatic carbocycles. The van der Waals surface area contributed by atoms with Crippen molar-refractivity contribution in [1.82, 2.24) is 20.1 Å². The van der Waals surface area contributed by atoms with E-state index in [-0.39, 0.29) is 17.4 Å². The summed E-state index contributed by atoms with van der Waals surface area (Å²) in [4.78, 5) is 29.7. The minimum atomic E-state index is -0.357. The van der Waals surface area contributed by atoms with E-state index in [1.165, 1.54) is 7.11 Å². The number of carbonyl (C=O) groups excluding carboxylic acids is 2. The van der Waals surface area contributed by atoms with E-state index in [0.717, 1.165) is 40.8 Å². The van der Waals surface area contributed by atoms with Gasteiger partial charge in [0.15, 0.2) is 5.65 Å². The van der Waals surface area contributed by atoms with Gasteiger partial charge in [0.1, 0.15) is 0 Å². The van der Waals surface area contributed by atoms with Crippen molar-refractivity contribution in [3.63, 3.8) is 0 Å². The number of fused-ring (bicyclic) bond motifs is 1. The number of nitrogens with one attached hydrogen (secondary N) is 1. The zero-order valence-electron chi connectivity index (χ0n) is 19.4. The maximum absolute atomic E-state index is 13.2. The van der Waals surface area contributed by atoms with Crippen molar-refractivity contribution >= 4 is 22.9 Å². The number of rotatable bonds is 6. The van der Waals surface area contributed by atoms with Crippen molar-refractivity contribution in [3.8, 4) is 0 Å². The number of carbonyl (C=O) groups is 2. The molecule has 7 nitrogen and oxygen atoms in total. The van der Waals surface area contributed by atoms with E-state index >= 15 is 0 Å². The summed E-state index contributed by atoms with van der Waals surface area (Å²) in [6, 6.07) is 9.18. The molecule has 0 spiro atoms. The predicted molar refractivity (Wildman–Crippen MR) is 123 cm³/mol. The largest absolute Gasteiger partial charge is 0.465 e. The van der Waals surface area contributed by atoms with Crippen LogP contribution >= 0.6 is 0 Å². The molecule has 1 amide bonds. The van der Waals surface area contributed by atoms with Crippen molar-refractivity contribution in [2.24, 2.45) is 0 Å². The number of nitrogens with zero attached hydrogens (tertiary/aromatic N) is 3. The molecule has 2 heterocycles. The minimum Gasteiger partial charge on any atom is -0.465 e. The van der Waals surface area contributed by atoms with Crippen LogP contribution in [0.2, 0.25) is 0 Å². The maximum atomic E-state index is 13.2. The van der Waals surface area contributed by atoms with Gasteiger partial charge in [-0.05, 0) is 70.7 Å². The van der Waals surface area contributed by atoms with Gasteiger partial charge in [-0.1, -0.05) is 12.1 Å². The molecule has 1 aliphatic rings. The lowest BCUT2D eigenvalue weighted by Crippen LogP contribution is -2.27. The van der Waals surface area contributed by atoms with Crippen LogP contribution in [-0.2, 0) is 16.7 Å². The van der Waals surface area contributed by atoms with Gasteiger partial charge >= 0.3 is 5.97 Å². The normalized spacial score (nSPS) is 13.9. The van der Waals surface area contributed by atoms with Gasteiger partial charge in [0.05, 0.1) is 34.9 Å². The number of aryl methyl sites for hydroxylation is 1. The van der Waals surface area contributed by atoms with Crippen LogP contribution in [0.1, 0.15) is 77.2 Å². The SMILES string of the molecule is COC(=O)c1ccc(CCNC(=O)c2cc(C3CC3)nc3c2c(C)nn3C(C)(C)C)cc1. The van der Waals surface area contributed by atoms with Gasteiger partial charge in [-0.25, -0.2) is 14.5 Å². The number of pyridine rings is 1. The highest BCUT2D eigenvalue weighted by Gasteiger charge is 2.30. The molecule has 7 heteroatoms. The van der Waals surface area contributed by atoms with Crippen molar-refractivity contribution in [2.45, 2.75) is 58.4 Å². The molecule has 3 aromatic rings. The third-order valence-electron chi connectivity index (χ3n) is 5.78. The number of hydrogen-bond acceptors (Lipinski definition) is 5. The van der Waals surface area contributed by atoms with Crippen LogP contribution in [0.4, 0.5) is 0 Å². The second kappa shape index (κ2) is 8.37. The Morgan fingerprint density at radius 1 is 1.19 bits per heavy atom. The average molecular weight is 435 g/mol. The van der Waals surface area contributed by atoms with Gasteiger partial charge in [-0.3, -0.25) is 4.79 Å². The molecule has 0 radical (unpaired) electrons. The van der Waals surface area contributed by atoms with Crippen molar-refractivity contribution in [2.75, 3.05) is 13.7 Å². The molecule has 0 saturated heterocycles. The second-order valence-corrected chi connectivity index (χ2v) is 9.43. The molecule has 0 aliphatic heterocycles. The molecule has 4 rings (SSSR count). The highest BCUT2D eigenvalue weighted by Crippen LogP contribution is 2.41. The van der Waals surface area contributed by atoms with Gasteiger partial charge in [0.2, 0.25) is 0 Å². The van der Waals surface area contributed by atoms with Crippen molar-refractivity contribution in [3.05, 3.63) is 58.4 Å². The smallest absolute Gasteiger partial charge is 0.337 e. The number of methoxy groups -OCH3 is 1. The summed E-state index contributed by atoms with van der Waals surface area (Å²) < 4.78 is 6.66. The van der Waals surface area contributed by atoms with Crippen molar-refractivity contribution < 1.29 is 14.3 Å². The van der Waals surface area contributed by atoms with Gasteiger partial charge in [0.25, 0.3) is 5.91 Å². The Kier molecular flexibility index (Phi) is 5.75. The topological polar surface area (TPSA) is 86.1 Å². The molecule has 0 bridgehead atoms. The highest BCUT2D eigenvalue weighted by molar-refractivity contribution is 6.06. The van der Waals surface area contributed by atoms with Gasteiger partial charge < -0.3 is 10.1 Å². The Balaban J connectivity index is 1.55. The zero-order valence-corrected chi connectivity index (χ0v) is 19.4. The van der Waals surface area contributed by atoms with Crippen molar-refractivity contribution in [1.29, 1.82) is 0 Å². The minimum absolute atomic E-state index is 0.109. The van der Waals surface area contributed by atoms with Gasteiger partial charge in [-0.15, -0.1) is 0 Å². The lowest BCUT2D eigenvalue weighted by atomic mass is 10.1. The molecule has 168 valence electrons. The van der Waals surface area contributed by atoms with E-state index < -0.39 is 0 Å². The summed E-state index contributed by atoms with van der Waals surface area (Å²) in [5.74, 6) is -0.0332. The first-order valence-corrected chi connectivity index (χ1v) is 11.0. The Morgan fingerprint density at radius 3 is 2.47 bits per heavy atom. The van der Waals surface area contributed by atoms with Crippen LogP contribution in [0, 0.1) is 6.92 Å². The fourth-order valence-corrected chi connectivity index (χ4v) is 3.88. The zero-order chi connectivity index (χ0) is 23.0. The summed E-state index contributed by atoms with van der Waals surface area (Å²) in [5.41, 5.74) is 4.53. The summed E-state index contributed by atoms with van der Waals surface area (Å²) in [6.07, 6.45) is 2.89. The van der Waals surface area contributed by atoms with Crippen LogP contribution < -0.4 is 5.32 Å². The molecule has 32 heavy (non-hydrogen) atoms. The monoisotopic (exact) mass is 434 g/mol. The van der Waals surface area contributed by atoms with Crippen LogP contribution in [-0.4, -0.2) is 40.3 Å². The lowest BCUT2D eigenvalue weighted by molar-refractivity contribution is 0.0600. The Hall–Kier alpha value is -3.22. The highest BCUT2D eigenvalue weighted by atomic mass is 16.5. The quantitative estimate of drug-likeness (QED) is 0.590. The second-order valence-electron chi connectivity index (χ2n) is 9.43. The standard InChI is InChI=1S/C25H30N4O3/c1-15-21-19(14-20(17-10-11-17)27-22(21)29(28-15)25(2,3)4)23(30)26-13-12-16-6-8-18(9-7-16)24(31)32-5/h6-9,14,17H,10-13H2,1-5H3,(H,26,30). The summed E-state index contributed by atoms with van der Waals surface area (Å²) in [7, 11) is 1.36. The molecule has 1 fully saturated rings. The number of amides is 1. The van der Waals surface area contributed by atoms with Crippen LogP contribution in [0.15, 0.2) is 30.3 Å². The number of aromatic nitrogens is 3. The number of hydrogen-bond donors (Lipinski definition) is 1. The fraction of sp³-hybridized carbons (Fsp3) is 0.440. The van der Waals surface area contributed by atoms with Crippen LogP contribution in [0.5, 0.6) is 0 Å². The molecular formula is C25H30N4O3. The first-order chi connectivity index (χ1) is 15.2. The van der Waals surface area contributed by atoms with Crippen LogP contribution in [0.3, 0.4) is 0 Å². The molecular weight excluding hydrogens is 404 g/mol.